The van der Waals surface area contributed by atoms with Crippen LogP contribution < -0.4 is 0 Å². The first-order valence-electron chi connectivity index (χ1n) is 7.46. The van der Waals surface area contributed by atoms with Gasteiger partial charge in [-0.15, -0.1) is 11.3 Å². The molecule has 0 N–H and O–H groups in total. The number of benzene rings is 1. The standard InChI is InChI=1S/C17H21ClN2S/c1-19-9-11-20(12-10-19)8-7-16-5-6-17(21-16)14-3-2-4-15(18)13-14/h2-6,13H,7-12H2,1H3. The van der Waals surface area contributed by atoms with Crippen LogP contribution >= 0.6 is 22.9 Å². The van der Waals surface area contributed by atoms with Crippen molar-refractivity contribution in [2.75, 3.05) is 39.8 Å². The van der Waals surface area contributed by atoms with Gasteiger partial charge in [0.2, 0.25) is 0 Å². The van der Waals surface area contributed by atoms with Gasteiger partial charge in [-0.1, -0.05) is 23.7 Å². The van der Waals surface area contributed by atoms with Crippen molar-refractivity contribution in [2.24, 2.45) is 0 Å². The van der Waals surface area contributed by atoms with Crippen molar-refractivity contribution < 1.29 is 0 Å². The summed E-state index contributed by atoms with van der Waals surface area (Å²) in [6.07, 6.45) is 1.15. The Morgan fingerprint density at radius 2 is 1.90 bits per heavy atom. The van der Waals surface area contributed by atoms with Crippen LogP contribution in [0.15, 0.2) is 36.4 Å². The summed E-state index contributed by atoms with van der Waals surface area (Å²) in [6, 6.07) is 12.6. The Kier molecular flexibility index (Phi) is 4.96. The Morgan fingerprint density at radius 3 is 2.67 bits per heavy atom. The predicted octanol–water partition coefficient (Wildman–Crippen LogP) is 3.86. The fourth-order valence-electron chi connectivity index (χ4n) is 2.65. The predicted molar refractivity (Wildman–Crippen MR) is 92.4 cm³/mol. The fourth-order valence-corrected chi connectivity index (χ4v) is 3.83. The molecule has 1 aliphatic rings. The molecule has 0 aliphatic carbocycles. The van der Waals surface area contributed by atoms with Crippen molar-refractivity contribution >= 4 is 22.9 Å². The zero-order valence-electron chi connectivity index (χ0n) is 12.4. The number of thiophene rings is 1. The molecule has 2 heterocycles. The smallest absolute Gasteiger partial charge is 0.0412 e. The number of rotatable bonds is 4. The lowest BCUT2D eigenvalue weighted by atomic mass is 10.2. The van der Waals surface area contributed by atoms with Crippen LogP contribution in [0.3, 0.4) is 0 Å². The Balaban J connectivity index is 1.58. The van der Waals surface area contributed by atoms with Gasteiger partial charge in [0.05, 0.1) is 0 Å². The second-order valence-corrected chi connectivity index (χ2v) is 7.28. The Labute approximate surface area is 136 Å². The van der Waals surface area contributed by atoms with Crippen LogP contribution in [0.25, 0.3) is 10.4 Å². The molecule has 2 nitrogen and oxygen atoms in total. The molecule has 2 aromatic rings. The van der Waals surface area contributed by atoms with Gasteiger partial charge in [-0.05, 0) is 43.3 Å². The quantitative estimate of drug-likeness (QED) is 0.844. The number of halogens is 1. The summed E-state index contributed by atoms with van der Waals surface area (Å²) in [5.41, 5.74) is 1.22. The highest BCUT2D eigenvalue weighted by molar-refractivity contribution is 7.15. The normalized spacial score (nSPS) is 17.2. The molecule has 1 fully saturated rings. The number of nitrogens with zero attached hydrogens (tertiary/aromatic N) is 2. The lowest BCUT2D eigenvalue weighted by Crippen LogP contribution is -2.45. The maximum Gasteiger partial charge on any atom is 0.0412 e. The summed E-state index contributed by atoms with van der Waals surface area (Å²) in [4.78, 5) is 7.74. The van der Waals surface area contributed by atoms with Gasteiger partial charge in [0.1, 0.15) is 0 Å². The first kappa shape index (κ1) is 15.0. The second kappa shape index (κ2) is 6.93. The van der Waals surface area contributed by atoms with E-state index in [1.807, 2.05) is 29.5 Å². The Bertz CT molecular complexity index is 588. The Hall–Kier alpha value is -0.870. The lowest BCUT2D eigenvalue weighted by molar-refractivity contribution is 0.156. The molecule has 0 bridgehead atoms. The molecule has 0 atom stereocenters. The lowest BCUT2D eigenvalue weighted by Gasteiger charge is -2.32. The fraction of sp³-hybridized carbons (Fsp3) is 0.412. The van der Waals surface area contributed by atoms with Crippen LogP contribution in [0, 0.1) is 0 Å². The van der Waals surface area contributed by atoms with Crippen molar-refractivity contribution in [1.29, 1.82) is 0 Å². The third kappa shape index (κ3) is 4.07. The molecule has 21 heavy (non-hydrogen) atoms. The third-order valence-corrected chi connectivity index (χ3v) is 5.47. The van der Waals surface area contributed by atoms with Gasteiger partial charge in [0.25, 0.3) is 0 Å². The maximum absolute atomic E-state index is 6.07. The molecule has 1 aliphatic heterocycles. The SMILES string of the molecule is CN1CCN(CCc2ccc(-c3cccc(Cl)c3)s2)CC1. The van der Waals surface area contributed by atoms with Gasteiger partial charge < -0.3 is 9.80 Å². The Morgan fingerprint density at radius 1 is 1.10 bits per heavy atom. The van der Waals surface area contributed by atoms with Gasteiger partial charge in [-0.3, -0.25) is 0 Å². The average molecular weight is 321 g/mol. The van der Waals surface area contributed by atoms with Gasteiger partial charge in [0.15, 0.2) is 0 Å². The minimum absolute atomic E-state index is 0.805. The van der Waals surface area contributed by atoms with E-state index in [1.165, 1.54) is 48.0 Å². The molecule has 1 aromatic carbocycles. The summed E-state index contributed by atoms with van der Waals surface area (Å²) in [6.45, 7) is 5.95. The van der Waals surface area contributed by atoms with Gasteiger partial charge >= 0.3 is 0 Å². The van der Waals surface area contributed by atoms with Crippen LogP contribution in [-0.2, 0) is 6.42 Å². The number of hydrogen-bond acceptors (Lipinski definition) is 3. The van der Waals surface area contributed by atoms with E-state index in [-0.39, 0.29) is 0 Å². The van der Waals surface area contributed by atoms with E-state index < -0.39 is 0 Å². The van der Waals surface area contributed by atoms with E-state index in [0.717, 1.165) is 11.4 Å². The molecule has 0 saturated carbocycles. The molecular formula is C17H21ClN2S. The monoisotopic (exact) mass is 320 g/mol. The van der Waals surface area contributed by atoms with Crippen LogP contribution in [-0.4, -0.2) is 49.6 Å². The van der Waals surface area contributed by atoms with Crippen LogP contribution in [0.5, 0.6) is 0 Å². The number of hydrogen-bond donors (Lipinski definition) is 0. The largest absolute Gasteiger partial charge is 0.304 e. The van der Waals surface area contributed by atoms with Crippen molar-refractivity contribution in [2.45, 2.75) is 6.42 Å². The van der Waals surface area contributed by atoms with Crippen molar-refractivity contribution in [3.8, 4) is 10.4 Å². The van der Waals surface area contributed by atoms with Crippen molar-refractivity contribution in [1.82, 2.24) is 9.80 Å². The molecule has 0 radical (unpaired) electrons. The molecule has 0 spiro atoms. The van der Waals surface area contributed by atoms with Crippen LogP contribution in [0.4, 0.5) is 0 Å². The average Bonchev–Trinajstić information content (AvgIpc) is 2.96. The zero-order chi connectivity index (χ0) is 14.7. The van der Waals surface area contributed by atoms with Crippen molar-refractivity contribution in [3.63, 3.8) is 0 Å². The molecule has 0 unspecified atom stereocenters. The summed E-state index contributed by atoms with van der Waals surface area (Å²) in [7, 11) is 2.20. The summed E-state index contributed by atoms with van der Waals surface area (Å²) in [5, 5.41) is 0.805. The molecule has 3 rings (SSSR count). The minimum atomic E-state index is 0.805. The van der Waals surface area contributed by atoms with E-state index in [4.69, 9.17) is 11.6 Å². The summed E-state index contributed by atoms with van der Waals surface area (Å²) in [5.74, 6) is 0. The molecular weight excluding hydrogens is 300 g/mol. The first-order valence-corrected chi connectivity index (χ1v) is 8.66. The highest BCUT2D eigenvalue weighted by atomic mass is 35.5. The van der Waals surface area contributed by atoms with Gasteiger partial charge in [-0.25, -0.2) is 0 Å². The number of likely N-dealkylation sites (N-methyl/N-ethyl adjacent to an activating group) is 1. The van der Waals surface area contributed by atoms with E-state index >= 15 is 0 Å². The van der Waals surface area contributed by atoms with Gasteiger partial charge in [0, 0.05) is 47.5 Å². The molecule has 1 saturated heterocycles. The molecule has 0 amide bonds. The van der Waals surface area contributed by atoms with Crippen LogP contribution in [0.1, 0.15) is 4.88 Å². The highest BCUT2D eigenvalue weighted by Gasteiger charge is 2.13. The molecule has 1 aromatic heterocycles. The first-order chi connectivity index (χ1) is 10.2. The second-order valence-electron chi connectivity index (χ2n) is 5.67. The zero-order valence-corrected chi connectivity index (χ0v) is 14.0. The topological polar surface area (TPSA) is 6.48 Å². The summed E-state index contributed by atoms with van der Waals surface area (Å²) < 4.78 is 0. The minimum Gasteiger partial charge on any atom is -0.304 e. The summed E-state index contributed by atoms with van der Waals surface area (Å²) >= 11 is 7.96. The van der Waals surface area contributed by atoms with Crippen LogP contribution in [0.2, 0.25) is 5.02 Å². The van der Waals surface area contributed by atoms with Gasteiger partial charge in [-0.2, -0.15) is 0 Å². The van der Waals surface area contributed by atoms with E-state index in [1.54, 1.807) is 0 Å². The molecule has 4 heteroatoms. The van der Waals surface area contributed by atoms with Crippen molar-refractivity contribution in [3.05, 3.63) is 46.3 Å². The highest BCUT2D eigenvalue weighted by Crippen LogP contribution is 2.30. The number of piperazine rings is 1. The maximum atomic E-state index is 6.07. The van der Waals surface area contributed by atoms with E-state index in [2.05, 4.69) is 35.0 Å². The molecule has 112 valence electrons. The van der Waals surface area contributed by atoms with E-state index in [0.29, 0.717) is 0 Å². The van der Waals surface area contributed by atoms with E-state index in [9.17, 15) is 0 Å². The third-order valence-electron chi connectivity index (χ3n) is 4.04.